The van der Waals surface area contributed by atoms with Gasteiger partial charge < -0.3 is 9.88 Å². The number of amides is 1. The van der Waals surface area contributed by atoms with E-state index in [1.54, 1.807) is 0 Å². The molecule has 0 radical (unpaired) electrons. The Hall–Kier alpha value is -2.70. The Morgan fingerprint density at radius 1 is 1.33 bits per heavy atom. The van der Waals surface area contributed by atoms with Crippen molar-refractivity contribution in [2.45, 2.75) is 39.2 Å². The first-order valence-electron chi connectivity index (χ1n) is 8.26. The second-order valence-electron chi connectivity index (χ2n) is 6.62. The minimum Gasteiger partial charge on any atom is -0.335 e. The second kappa shape index (κ2) is 5.74. The number of anilines is 1. The van der Waals surface area contributed by atoms with Crippen molar-refractivity contribution in [1.82, 2.24) is 24.1 Å². The van der Waals surface area contributed by atoms with Gasteiger partial charge in [0, 0.05) is 42.9 Å². The molecule has 0 aliphatic carbocycles. The highest BCUT2D eigenvalue weighted by Gasteiger charge is 2.25. The summed E-state index contributed by atoms with van der Waals surface area (Å²) in [6, 6.07) is 3.75. The lowest BCUT2D eigenvalue weighted by atomic mass is 9.95. The molecule has 7 heteroatoms. The number of fused-ring (bicyclic) bond motifs is 2. The van der Waals surface area contributed by atoms with E-state index in [4.69, 9.17) is 0 Å². The molecule has 24 heavy (non-hydrogen) atoms. The molecule has 1 atom stereocenters. The summed E-state index contributed by atoms with van der Waals surface area (Å²) in [5.41, 5.74) is 2.68. The maximum absolute atomic E-state index is 12.6. The van der Waals surface area contributed by atoms with Crippen LogP contribution >= 0.6 is 0 Å². The molecule has 4 heterocycles. The highest BCUT2D eigenvalue weighted by atomic mass is 16.1. The number of nitrogens with zero attached hydrogens (tertiary/aromatic N) is 5. The third-order valence-electron chi connectivity index (χ3n) is 4.56. The van der Waals surface area contributed by atoms with Gasteiger partial charge >= 0.3 is 0 Å². The van der Waals surface area contributed by atoms with Crippen LogP contribution in [-0.2, 0) is 17.8 Å². The number of hydrogen-bond acceptors (Lipinski definition) is 4. The minimum absolute atomic E-state index is 0.0182. The molecule has 1 aliphatic heterocycles. The second-order valence-corrected chi connectivity index (χ2v) is 6.62. The molecule has 124 valence electrons. The molecule has 3 aromatic rings. The standard InChI is InChI=1S/C17H20N6O/c1-11(2)16-21-20-15-4-3-13(9-23(15)16)19-17(24)12-5-6-22-10-18-8-14(22)7-12/h3-4,8-12H,5-7H2,1-2H3,(H,19,24). The van der Waals surface area contributed by atoms with E-state index in [2.05, 4.69) is 38.9 Å². The number of carbonyl (C=O) groups excluding carboxylic acids is 1. The molecule has 1 unspecified atom stereocenters. The molecular weight excluding hydrogens is 304 g/mol. The van der Waals surface area contributed by atoms with Crippen LogP contribution in [0.5, 0.6) is 0 Å². The zero-order valence-corrected chi connectivity index (χ0v) is 13.8. The Bertz CT molecular complexity index is 894. The van der Waals surface area contributed by atoms with E-state index in [0.717, 1.165) is 42.2 Å². The highest BCUT2D eigenvalue weighted by Crippen LogP contribution is 2.22. The molecule has 0 saturated carbocycles. The molecule has 7 nitrogen and oxygen atoms in total. The SMILES string of the molecule is CC(C)c1nnc2ccc(NC(=O)C3CCn4cncc4C3)cn12. The van der Waals surface area contributed by atoms with E-state index in [1.165, 1.54) is 0 Å². The fourth-order valence-electron chi connectivity index (χ4n) is 3.21. The first-order valence-corrected chi connectivity index (χ1v) is 8.26. The van der Waals surface area contributed by atoms with Gasteiger partial charge in [0.2, 0.25) is 5.91 Å². The number of hydrogen-bond donors (Lipinski definition) is 1. The van der Waals surface area contributed by atoms with Crippen LogP contribution < -0.4 is 5.32 Å². The fraction of sp³-hybridized carbons (Fsp3) is 0.412. The van der Waals surface area contributed by atoms with Crippen molar-refractivity contribution in [3.05, 3.63) is 42.4 Å². The van der Waals surface area contributed by atoms with E-state index in [9.17, 15) is 4.79 Å². The quantitative estimate of drug-likeness (QED) is 0.801. The van der Waals surface area contributed by atoms with Gasteiger partial charge in [-0.1, -0.05) is 13.8 Å². The monoisotopic (exact) mass is 324 g/mol. The van der Waals surface area contributed by atoms with Crippen molar-refractivity contribution < 1.29 is 4.79 Å². The van der Waals surface area contributed by atoms with Crippen molar-refractivity contribution in [2.75, 3.05) is 5.32 Å². The van der Waals surface area contributed by atoms with Crippen molar-refractivity contribution in [2.24, 2.45) is 5.92 Å². The molecule has 1 aliphatic rings. The third kappa shape index (κ3) is 2.55. The molecule has 1 N–H and O–H groups in total. The topological polar surface area (TPSA) is 77.1 Å². The summed E-state index contributed by atoms with van der Waals surface area (Å²) < 4.78 is 4.05. The zero-order valence-electron chi connectivity index (χ0n) is 13.8. The number of aromatic nitrogens is 5. The van der Waals surface area contributed by atoms with Gasteiger partial charge in [-0.15, -0.1) is 10.2 Å². The Labute approximate surface area is 139 Å². The predicted molar refractivity (Wildman–Crippen MR) is 89.7 cm³/mol. The van der Waals surface area contributed by atoms with Crippen molar-refractivity contribution >= 4 is 17.2 Å². The van der Waals surface area contributed by atoms with Crippen molar-refractivity contribution in [3.63, 3.8) is 0 Å². The van der Waals surface area contributed by atoms with Crippen LogP contribution in [0.1, 0.15) is 37.7 Å². The fourth-order valence-corrected chi connectivity index (χ4v) is 3.21. The summed E-state index contributed by atoms with van der Waals surface area (Å²) >= 11 is 0. The normalized spacial score (nSPS) is 17.2. The average Bonchev–Trinajstić information content (AvgIpc) is 3.20. The van der Waals surface area contributed by atoms with Gasteiger partial charge in [0.15, 0.2) is 5.65 Å². The van der Waals surface area contributed by atoms with Crippen molar-refractivity contribution in [3.8, 4) is 0 Å². The van der Waals surface area contributed by atoms with Crippen LogP contribution in [0.3, 0.4) is 0 Å². The zero-order chi connectivity index (χ0) is 16.7. The largest absolute Gasteiger partial charge is 0.335 e. The summed E-state index contributed by atoms with van der Waals surface area (Å²) in [5.74, 6) is 1.20. The number of nitrogens with one attached hydrogen (secondary N) is 1. The van der Waals surface area contributed by atoms with Gasteiger partial charge in [0.25, 0.3) is 0 Å². The third-order valence-corrected chi connectivity index (χ3v) is 4.56. The smallest absolute Gasteiger partial charge is 0.227 e. The highest BCUT2D eigenvalue weighted by molar-refractivity contribution is 5.92. The van der Waals surface area contributed by atoms with Crippen LogP contribution in [0.15, 0.2) is 30.9 Å². The summed E-state index contributed by atoms with van der Waals surface area (Å²) in [5, 5.41) is 11.4. The average molecular weight is 324 g/mol. The lowest BCUT2D eigenvalue weighted by Crippen LogP contribution is -2.30. The summed E-state index contributed by atoms with van der Waals surface area (Å²) in [6.07, 6.45) is 7.14. The van der Waals surface area contributed by atoms with Gasteiger partial charge in [-0.2, -0.15) is 0 Å². The predicted octanol–water partition coefficient (Wildman–Crippen LogP) is 2.25. The van der Waals surface area contributed by atoms with E-state index < -0.39 is 0 Å². The van der Waals surface area contributed by atoms with E-state index in [-0.39, 0.29) is 17.7 Å². The molecule has 3 aromatic heterocycles. The summed E-state index contributed by atoms with van der Waals surface area (Å²) in [7, 11) is 0. The van der Waals surface area contributed by atoms with Crippen molar-refractivity contribution in [1.29, 1.82) is 0 Å². The molecule has 4 rings (SSSR count). The van der Waals surface area contributed by atoms with E-state index >= 15 is 0 Å². The maximum atomic E-state index is 12.6. The number of aryl methyl sites for hydroxylation is 1. The number of pyridine rings is 1. The number of imidazole rings is 1. The number of rotatable bonds is 3. The molecule has 1 amide bonds. The molecule has 0 bridgehead atoms. The lowest BCUT2D eigenvalue weighted by Gasteiger charge is -2.23. The first-order chi connectivity index (χ1) is 11.6. The Balaban J connectivity index is 1.53. The Morgan fingerprint density at radius 2 is 2.21 bits per heavy atom. The van der Waals surface area contributed by atoms with Gasteiger partial charge in [-0.3, -0.25) is 9.20 Å². The molecule has 0 spiro atoms. The summed E-state index contributed by atoms with van der Waals surface area (Å²) in [4.78, 5) is 16.8. The van der Waals surface area contributed by atoms with Crippen LogP contribution in [0.25, 0.3) is 5.65 Å². The molecule has 0 fully saturated rings. The van der Waals surface area contributed by atoms with Crippen LogP contribution in [0, 0.1) is 5.92 Å². The minimum atomic E-state index is -0.0182. The first kappa shape index (κ1) is 14.9. The lowest BCUT2D eigenvalue weighted by molar-refractivity contribution is -0.120. The number of carbonyl (C=O) groups is 1. The van der Waals surface area contributed by atoms with Crippen LogP contribution in [-0.4, -0.2) is 30.1 Å². The Kier molecular flexibility index (Phi) is 3.55. The van der Waals surface area contributed by atoms with Crippen LogP contribution in [0.2, 0.25) is 0 Å². The molecular formula is C17H20N6O. The molecule has 0 aromatic carbocycles. The van der Waals surface area contributed by atoms with E-state index in [1.807, 2.05) is 35.3 Å². The Morgan fingerprint density at radius 3 is 3.04 bits per heavy atom. The van der Waals surface area contributed by atoms with Gasteiger partial charge in [0.05, 0.1) is 12.0 Å². The van der Waals surface area contributed by atoms with Gasteiger partial charge in [-0.05, 0) is 18.6 Å². The van der Waals surface area contributed by atoms with Crippen LogP contribution in [0.4, 0.5) is 5.69 Å². The summed E-state index contributed by atoms with van der Waals surface area (Å²) in [6.45, 7) is 5.00. The van der Waals surface area contributed by atoms with Gasteiger partial charge in [0.1, 0.15) is 5.82 Å². The van der Waals surface area contributed by atoms with Gasteiger partial charge in [-0.25, -0.2) is 4.98 Å². The molecule has 0 saturated heterocycles. The maximum Gasteiger partial charge on any atom is 0.227 e. The van der Waals surface area contributed by atoms with E-state index in [0.29, 0.717) is 0 Å².